The van der Waals surface area contributed by atoms with E-state index in [9.17, 15) is 39.6 Å². The highest BCUT2D eigenvalue weighted by Gasteiger charge is 2.67. The first kappa shape index (κ1) is 29.3. The number of aliphatic hydroxyl groups excluding tert-OH is 2. The fourth-order valence-corrected chi connectivity index (χ4v) is 7.98. The number of phenolic OH excluding ortho intramolecular Hbond substituents is 1. The molecule has 0 aromatic heterocycles. The van der Waals surface area contributed by atoms with Gasteiger partial charge in [-0.2, -0.15) is 0 Å². The highest BCUT2D eigenvalue weighted by molar-refractivity contribution is 6.24. The average Bonchev–Trinajstić information content (AvgIpc) is 2.98. The molecule has 0 heterocycles. The topological polar surface area (TPSA) is 178 Å². The molecule has 6 atom stereocenters. The second kappa shape index (κ2) is 9.87. The van der Waals surface area contributed by atoms with Gasteiger partial charge in [-0.15, -0.1) is 0 Å². The Bertz CT molecular complexity index is 1890. The molecule has 44 heavy (non-hydrogen) atoms. The van der Waals surface area contributed by atoms with Gasteiger partial charge in [0.1, 0.15) is 22.8 Å². The van der Waals surface area contributed by atoms with Crippen molar-refractivity contribution in [3.8, 4) is 16.9 Å². The van der Waals surface area contributed by atoms with Crippen LogP contribution in [-0.4, -0.2) is 74.8 Å². The number of amides is 1. The summed E-state index contributed by atoms with van der Waals surface area (Å²) >= 11 is 0. The molecule has 6 N–H and O–H groups in total. The van der Waals surface area contributed by atoms with E-state index in [2.05, 4.69) is 0 Å². The largest absolute Gasteiger partial charge is 0.508 e. The fourth-order valence-electron chi connectivity index (χ4n) is 7.98. The number of phenols is 1. The van der Waals surface area contributed by atoms with Gasteiger partial charge < -0.3 is 26.2 Å². The standard InChI is InChI=1S/C34H32N2O8/c1-14-17-11-12-21(20-10-9-16(13-37)18-7-5-6-8-19(18)20)28(38)23(17)29(39)24-22(14)15(2)26-27(36(3)4)30(40)25(33(35)43)32(42)34(26,44)31(24)41/h5-15,22,26-27,38-39,42,44H,1-4H3,(H2,35,43)/t14-,15-,22-,26-,27-,34-/m0/s1. The van der Waals surface area contributed by atoms with Crippen molar-refractivity contribution in [2.24, 2.45) is 23.5 Å². The normalized spacial score (nSPS) is 28.2. The van der Waals surface area contributed by atoms with Gasteiger partial charge in [-0.25, -0.2) is 0 Å². The van der Waals surface area contributed by atoms with Gasteiger partial charge in [-0.3, -0.25) is 24.1 Å². The summed E-state index contributed by atoms with van der Waals surface area (Å²) < 4.78 is 0. The SMILES string of the molecule is C[C@H]1[C@H]2C(=C(O)c3c(ccc(-c4ccc(C=O)c5ccccc45)c3O)[C@@H]2C)C(=O)[C@]2(O)C(O)=C(C(N)=O)C(=O)[C@@H](N(C)C)[C@H]12. The molecule has 10 heteroatoms. The lowest BCUT2D eigenvalue weighted by Crippen LogP contribution is -2.68. The van der Waals surface area contributed by atoms with Crippen LogP contribution in [0.3, 0.4) is 0 Å². The van der Waals surface area contributed by atoms with Gasteiger partial charge in [0.25, 0.3) is 5.91 Å². The molecule has 3 aromatic rings. The Hall–Kier alpha value is -4.80. The zero-order valence-electron chi connectivity index (χ0n) is 24.5. The number of hydrogen-bond donors (Lipinski definition) is 5. The quantitative estimate of drug-likeness (QED) is 0.223. The summed E-state index contributed by atoms with van der Waals surface area (Å²) in [4.78, 5) is 53.2. The van der Waals surface area contributed by atoms with Crippen LogP contribution >= 0.6 is 0 Å². The van der Waals surface area contributed by atoms with Crippen LogP contribution < -0.4 is 5.73 Å². The first-order valence-corrected chi connectivity index (χ1v) is 14.3. The zero-order chi connectivity index (χ0) is 32.0. The zero-order valence-corrected chi connectivity index (χ0v) is 24.5. The van der Waals surface area contributed by atoms with Crippen LogP contribution in [0.15, 0.2) is 65.4 Å². The van der Waals surface area contributed by atoms with Gasteiger partial charge in [-0.1, -0.05) is 62.4 Å². The lowest BCUT2D eigenvalue weighted by molar-refractivity contribution is -0.160. The maximum absolute atomic E-state index is 14.3. The Labute approximate surface area is 252 Å². The van der Waals surface area contributed by atoms with Gasteiger partial charge in [0.2, 0.25) is 5.78 Å². The Kier molecular flexibility index (Phi) is 6.57. The molecule has 226 valence electrons. The summed E-state index contributed by atoms with van der Waals surface area (Å²) in [6.07, 6.45) is 0.748. The van der Waals surface area contributed by atoms with E-state index < -0.39 is 69.9 Å². The molecule has 1 fully saturated rings. The number of ketones is 2. The van der Waals surface area contributed by atoms with Crippen molar-refractivity contribution in [1.29, 1.82) is 0 Å². The molecule has 3 aliphatic rings. The maximum Gasteiger partial charge on any atom is 0.255 e. The van der Waals surface area contributed by atoms with E-state index in [-0.39, 0.29) is 16.9 Å². The number of aldehydes is 1. The van der Waals surface area contributed by atoms with E-state index in [4.69, 9.17) is 5.73 Å². The number of nitrogens with zero attached hydrogens (tertiary/aromatic N) is 1. The van der Waals surface area contributed by atoms with Crippen molar-refractivity contribution in [2.45, 2.75) is 31.4 Å². The smallest absolute Gasteiger partial charge is 0.255 e. The van der Waals surface area contributed by atoms with E-state index >= 15 is 0 Å². The lowest BCUT2D eigenvalue weighted by Gasteiger charge is -2.54. The first-order chi connectivity index (χ1) is 20.8. The second-order valence-electron chi connectivity index (χ2n) is 12.2. The van der Waals surface area contributed by atoms with Gasteiger partial charge in [-0.05, 0) is 47.8 Å². The Balaban J connectivity index is 1.61. The third kappa shape index (κ3) is 3.61. The molecule has 0 unspecified atom stereocenters. The number of fused-ring (bicyclic) bond motifs is 4. The summed E-state index contributed by atoms with van der Waals surface area (Å²) in [7, 11) is 3.13. The van der Waals surface area contributed by atoms with Crippen LogP contribution in [0, 0.1) is 17.8 Å². The number of carbonyl (C=O) groups excluding carboxylic acids is 4. The van der Waals surface area contributed by atoms with Crippen molar-refractivity contribution in [3.05, 3.63) is 82.1 Å². The highest BCUT2D eigenvalue weighted by atomic mass is 16.3. The summed E-state index contributed by atoms with van der Waals surface area (Å²) in [6.45, 7) is 3.56. The highest BCUT2D eigenvalue weighted by Crippen LogP contribution is 2.59. The van der Waals surface area contributed by atoms with Crippen molar-refractivity contribution in [2.75, 3.05) is 14.1 Å². The third-order valence-electron chi connectivity index (χ3n) is 9.90. The molecule has 1 amide bonds. The van der Waals surface area contributed by atoms with E-state index in [1.807, 2.05) is 13.0 Å². The maximum atomic E-state index is 14.3. The molecule has 3 aromatic carbocycles. The first-order valence-electron chi connectivity index (χ1n) is 14.3. The predicted molar refractivity (Wildman–Crippen MR) is 162 cm³/mol. The summed E-state index contributed by atoms with van der Waals surface area (Å²) in [5.74, 6) is -8.20. The second-order valence-corrected chi connectivity index (χ2v) is 12.2. The fraction of sp³-hybridized carbons (Fsp3) is 0.294. The predicted octanol–water partition coefficient (Wildman–Crippen LogP) is 3.40. The number of rotatable bonds is 4. The molecule has 1 saturated carbocycles. The number of aliphatic hydroxyl groups is 3. The Morgan fingerprint density at radius 2 is 1.59 bits per heavy atom. The summed E-state index contributed by atoms with van der Waals surface area (Å²) in [5, 5.41) is 48.1. The number of primary amides is 1. The van der Waals surface area contributed by atoms with Crippen LogP contribution in [0.1, 0.15) is 41.3 Å². The van der Waals surface area contributed by atoms with Crippen molar-refractivity contribution >= 4 is 40.3 Å². The van der Waals surface area contributed by atoms with E-state index in [1.54, 1.807) is 63.5 Å². The lowest BCUT2D eigenvalue weighted by atomic mass is 9.51. The molecule has 3 aliphatic carbocycles. The monoisotopic (exact) mass is 596 g/mol. The minimum atomic E-state index is -2.74. The summed E-state index contributed by atoms with van der Waals surface area (Å²) in [5.41, 5.74) is 3.58. The van der Waals surface area contributed by atoms with Crippen LogP contribution in [0.5, 0.6) is 5.75 Å². The number of Topliss-reactive ketones (excluding diaryl/α,β-unsaturated/α-hetero) is 2. The molecular formula is C34H32N2O8. The van der Waals surface area contributed by atoms with E-state index in [0.29, 0.717) is 33.0 Å². The Morgan fingerprint density at radius 1 is 0.955 bits per heavy atom. The number of carbonyl (C=O) groups is 4. The van der Waals surface area contributed by atoms with E-state index in [0.717, 1.165) is 6.29 Å². The number of likely N-dealkylation sites (N-methyl/N-ethyl adjacent to an activating group) is 1. The molecule has 0 spiro atoms. The minimum Gasteiger partial charge on any atom is -0.508 e. The third-order valence-corrected chi connectivity index (χ3v) is 9.90. The van der Waals surface area contributed by atoms with Crippen LogP contribution in [-0.2, 0) is 14.4 Å². The average molecular weight is 597 g/mol. The molecule has 0 bridgehead atoms. The van der Waals surface area contributed by atoms with Crippen molar-refractivity contribution < 1.29 is 39.6 Å². The molecule has 10 nitrogen and oxygen atoms in total. The van der Waals surface area contributed by atoms with Gasteiger partial charge in [0.05, 0.1) is 11.6 Å². The molecule has 0 aliphatic heterocycles. The minimum absolute atomic E-state index is 0.00188. The molecule has 6 rings (SSSR count). The molecular weight excluding hydrogens is 564 g/mol. The number of nitrogens with two attached hydrogens (primary N) is 1. The van der Waals surface area contributed by atoms with Gasteiger partial charge in [0, 0.05) is 28.5 Å². The van der Waals surface area contributed by atoms with Crippen molar-refractivity contribution in [1.82, 2.24) is 4.90 Å². The van der Waals surface area contributed by atoms with Crippen molar-refractivity contribution in [3.63, 3.8) is 0 Å². The van der Waals surface area contributed by atoms with Crippen LogP contribution in [0.2, 0.25) is 0 Å². The molecule has 0 saturated heterocycles. The summed E-state index contributed by atoms with van der Waals surface area (Å²) in [6, 6.07) is 12.8. The number of aromatic hydroxyl groups is 1. The molecule has 0 radical (unpaired) electrons. The number of hydrogen-bond acceptors (Lipinski definition) is 9. The van der Waals surface area contributed by atoms with Gasteiger partial charge in [0.15, 0.2) is 17.7 Å². The van der Waals surface area contributed by atoms with Crippen LogP contribution in [0.25, 0.3) is 27.7 Å². The van der Waals surface area contributed by atoms with E-state index in [1.165, 1.54) is 4.90 Å². The Morgan fingerprint density at radius 3 is 2.20 bits per heavy atom. The van der Waals surface area contributed by atoms with Crippen LogP contribution in [0.4, 0.5) is 0 Å². The number of benzene rings is 3. The van der Waals surface area contributed by atoms with Gasteiger partial charge >= 0.3 is 0 Å².